The number of rotatable bonds is 4. The third-order valence-electron chi connectivity index (χ3n) is 2.27. The molecular weight excluding hydrogens is 244 g/mol. The van der Waals surface area contributed by atoms with Crippen LogP contribution in [0.15, 0.2) is 33.9 Å². The summed E-state index contributed by atoms with van der Waals surface area (Å²) in [7, 11) is 0. The molecular formula is C11H9ClN2O3. The molecule has 0 radical (unpaired) electrons. The molecule has 0 saturated carbocycles. The standard InChI is InChI=1S/C11H9ClN2O3/c12-7-3-1-6(2-4-7)5-17-14-9-8(13)10(15)11(9)16/h1-4,14H,5,13H2. The van der Waals surface area contributed by atoms with Gasteiger partial charge in [0.2, 0.25) is 0 Å². The van der Waals surface area contributed by atoms with Gasteiger partial charge in [-0.1, -0.05) is 23.7 Å². The minimum atomic E-state index is -0.678. The predicted molar refractivity (Wildman–Crippen MR) is 65.6 cm³/mol. The normalized spacial score (nSPS) is 10.6. The molecule has 3 N–H and O–H groups in total. The van der Waals surface area contributed by atoms with E-state index in [0.29, 0.717) is 5.02 Å². The molecule has 0 atom stereocenters. The van der Waals surface area contributed by atoms with Gasteiger partial charge in [-0.05, 0) is 17.7 Å². The van der Waals surface area contributed by atoms with Crippen LogP contribution in [-0.4, -0.2) is 0 Å². The predicted octanol–water partition coefficient (Wildman–Crippen LogP) is 1.06. The first kappa shape index (κ1) is 11.6. The summed E-state index contributed by atoms with van der Waals surface area (Å²) in [6.07, 6.45) is 0. The number of nitrogens with one attached hydrogen (secondary N) is 1. The van der Waals surface area contributed by atoms with Crippen molar-refractivity contribution in [3.05, 3.63) is 55.3 Å². The molecule has 2 rings (SSSR count). The smallest absolute Gasteiger partial charge is 0.255 e. The van der Waals surface area contributed by atoms with Crippen molar-refractivity contribution in [2.75, 3.05) is 11.2 Å². The Morgan fingerprint density at radius 3 is 2.41 bits per heavy atom. The molecule has 0 aliphatic heterocycles. The molecule has 5 nitrogen and oxygen atoms in total. The van der Waals surface area contributed by atoms with Gasteiger partial charge in [-0.15, -0.1) is 0 Å². The van der Waals surface area contributed by atoms with Crippen molar-refractivity contribution < 1.29 is 4.84 Å². The van der Waals surface area contributed by atoms with Crippen LogP contribution in [0.4, 0.5) is 11.4 Å². The Balaban J connectivity index is 1.91. The molecule has 0 aromatic heterocycles. The van der Waals surface area contributed by atoms with E-state index >= 15 is 0 Å². The van der Waals surface area contributed by atoms with E-state index < -0.39 is 10.9 Å². The largest absolute Gasteiger partial charge is 0.394 e. The molecule has 0 bridgehead atoms. The highest BCUT2D eigenvalue weighted by Crippen LogP contribution is 2.12. The number of anilines is 2. The molecule has 0 aliphatic carbocycles. The zero-order chi connectivity index (χ0) is 12.4. The summed E-state index contributed by atoms with van der Waals surface area (Å²) >= 11 is 5.72. The van der Waals surface area contributed by atoms with Crippen molar-refractivity contribution in [2.45, 2.75) is 6.61 Å². The lowest BCUT2D eigenvalue weighted by Gasteiger charge is -2.09. The fourth-order valence-electron chi connectivity index (χ4n) is 1.28. The maximum absolute atomic E-state index is 11.0. The van der Waals surface area contributed by atoms with Gasteiger partial charge in [0.1, 0.15) is 11.4 Å². The van der Waals surface area contributed by atoms with Crippen LogP contribution in [0.1, 0.15) is 5.56 Å². The highest BCUT2D eigenvalue weighted by molar-refractivity contribution is 6.30. The van der Waals surface area contributed by atoms with Crippen LogP contribution >= 0.6 is 11.6 Å². The van der Waals surface area contributed by atoms with Crippen molar-refractivity contribution in [3.8, 4) is 0 Å². The molecule has 0 heterocycles. The van der Waals surface area contributed by atoms with E-state index in [2.05, 4.69) is 5.48 Å². The van der Waals surface area contributed by atoms with Crippen molar-refractivity contribution in [1.82, 2.24) is 0 Å². The van der Waals surface area contributed by atoms with Crippen molar-refractivity contribution >= 4 is 23.0 Å². The Hall–Kier alpha value is -1.85. The lowest BCUT2D eigenvalue weighted by Crippen LogP contribution is -2.37. The molecule has 17 heavy (non-hydrogen) atoms. The zero-order valence-corrected chi connectivity index (χ0v) is 9.45. The Labute approximate surface area is 101 Å². The summed E-state index contributed by atoms with van der Waals surface area (Å²) in [6.45, 7) is 0.232. The Morgan fingerprint density at radius 1 is 1.18 bits per heavy atom. The quantitative estimate of drug-likeness (QED) is 0.628. The van der Waals surface area contributed by atoms with E-state index in [0.717, 1.165) is 5.56 Å². The number of hydrogen-bond acceptors (Lipinski definition) is 5. The molecule has 0 saturated heterocycles. The van der Waals surface area contributed by atoms with Crippen LogP contribution in [0.3, 0.4) is 0 Å². The lowest BCUT2D eigenvalue weighted by atomic mass is 10.2. The summed E-state index contributed by atoms with van der Waals surface area (Å²) in [6, 6.07) is 7.03. The first-order valence-electron chi connectivity index (χ1n) is 4.80. The Morgan fingerprint density at radius 2 is 1.82 bits per heavy atom. The summed E-state index contributed by atoms with van der Waals surface area (Å²) in [5.74, 6) is 0. The van der Waals surface area contributed by atoms with Gasteiger partial charge in [-0.3, -0.25) is 19.9 Å². The van der Waals surface area contributed by atoms with Crippen LogP contribution in [0.5, 0.6) is 0 Å². The average Bonchev–Trinajstić information content (AvgIpc) is 2.35. The lowest BCUT2D eigenvalue weighted by molar-refractivity contribution is 0.180. The van der Waals surface area contributed by atoms with Crippen LogP contribution in [0.25, 0.3) is 0 Å². The fraction of sp³-hybridized carbons (Fsp3) is 0.0909. The fourth-order valence-corrected chi connectivity index (χ4v) is 1.41. The van der Waals surface area contributed by atoms with Gasteiger partial charge >= 0.3 is 0 Å². The van der Waals surface area contributed by atoms with E-state index in [4.69, 9.17) is 22.2 Å². The summed E-state index contributed by atoms with van der Waals surface area (Å²) < 4.78 is 0. The van der Waals surface area contributed by atoms with Crippen LogP contribution < -0.4 is 22.1 Å². The van der Waals surface area contributed by atoms with Crippen LogP contribution in [0, 0.1) is 0 Å². The monoisotopic (exact) mass is 252 g/mol. The van der Waals surface area contributed by atoms with E-state index in [1.165, 1.54) is 0 Å². The van der Waals surface area contributed by atoms with Gasteiger partial charge in [-0.25, -0.2) is 0 Å². The van der Waals surface area contributed by atoms with Crippen LogP contribution in [0.2, 0.25) is 5.02 Å². The SMILES string of the molecule is Nc1c(NOCc2ccc(Cl)cc2)c(=O)c1=O. The summed E-state index contributed by atoms with van der Waals surface area (Å²) in [5.41, 5.74) is 7.14. The first-order valence-corrected chi connectivity index (χ1v) is 5.18. The molecule has 2 aromatic carbocycles. The van der Waals surface area contributed by atoms with E-state index in [-0.39, 0.29) is 18.0 Å². The van der Waals surface area contributed by atoms with Crippen molar-refractivity contribution in [2.24, 2.45) is 0 Å². The minimum Gasteiger partial charge on any atom is -0.394 e. The second-order valence-corrected chi connectivity index (χ2v) is 3.90. The highest BCUT2D eigenvalue weighted by atomic mass is 35.5. The molecule has 2 aromatic rings. The number of hydrogen-bond donors (Lipinski definition) is 2. The van der Waals surface area contributed by atoms with Gasteiger partial charge < -0.3 is 5.73 Å². The molecule has 0 unspecified atom stereocenters. The minimum absolute atomic E-state index is 0.0176. The van der Waals surface area contributed by atoms with E-state index in [1.54, 1.807) is 24.3 Å². The van der Waals surface area contributed by atoms with Crippen molar-refractivity contribution in [3.63, 3.8) is 0 Å². The number of benzene rings is 1. The maximum Gasteiger partial charge on any atom is 0.255 e. The third-order valence-corrected chi connectivity index (χ3v) is 2.53. The number of halogens is 1. The number of nitrogens with two attached hydrogens (primary N) is 1. The summed E-state index contributed by atoms with van der Waals surface area (Å²) in [4.78, 5) is 26.9. The van der Waals surface area contributed by atoms with E-state index in [1.807, 2.05) is 0 Å². The van der Waals surface area contributed by atoms with Gasteiger partial charge in [0.25, 0.3) is 10.9 Å². The second kappa shape index (κ2) is 4.57. The van der Waals surface area contributed by atoms with Gasteiger partial charge in [0.05, 0.1) is 6.61 Å². The van der Waals surface area contributed by atoms with Crippen molar-refractivity contribution in [1.29, 1.82) is 0 Å². The highest BCUT2D eigenvalue weighted by Gasteiger charge is 2.17. The average molecular weight is 253 g/mol. The molecule has 88 valence electrons. The number of nitrogen functional groups attached to an aromatic ring is 1. The maximum atomic E-state index is 11.0. The van der Waals surface area contributed by atoms with Gasteiger partial charge in [0, 0.05) is 5.02 Å². The molecule has 0 amide bonds. The molecule has 6 heteroatoms. The first-order chi connectivity index (χ1) is 8.09. The van der Waals surface area contributed by atoms with E-state index in [9.17, 15) is 9.59 Å². The second-order valence-electron chi connectivity index (χ2n) is 3.46. The van der Waals surface area contributed by atoms with Gasteiger partial charge in [-0.2, -0.15) is 0 Å². The topological polar surface area (TPSA) is 81.4 Å². The Bertz CT molecular complexity index is 600. The third kappa shape index (κ3) is 2.30. The Kier molecular flexibility index (Phi) is 3.12. The zero-order valence-electron chi connectivity index (χ0n) is 8.70. The molecule has 0 aliphatic rings. The molecule has 0 spiro atoms. The summed E-state index contributed by atoms with van der Waals surface area (Å²) in [5, 5.41) is 0.633. The van der Waals surface area contributed by atoms with Crippen LogP contribution in [-0.2, 0) is 11.4 Å². The molecule has 0 fully saturated rings. The van der Waals surface area contributed by atoms with Gasteiger partial charge in [0.15, 0.2) is 0 Å².